The number of amides is 1. The van der Waals surface area contributed by atoms with Crippen LogP contribution in [0, 0.1) is 0 Å². The van der Waals surface area contributed by atoms with Crippen molar-refractivity contribution >= 4 is 38.9 Å². The van der Waals surface area contributed by atoms with Crippen LogP contribution in [0.4, 0.5) is 0 Å². The van der Waals surface area contributed by atoms with Gasteiger partial charge in [0.2, 0.25) is 10.0 Å². The Kier molecular flexibility index (Phi) is 8.35. The zero-order chi connectivity index (χ0) is 29.3. The van der Waals surface area contributed by atoms with Gasteiger partial charge in [-0.25, -0.2) is 13.1 Å². The van der Waals surface area contributed by atoms with Crippen LogP contribution in [0.3, 0.4) is 0 Å². The number of para-hydroxylation sites is 1. The molecular formula is C31H35N5O4S2. The van der Waals surface area contributed by atoms with Crippen LogP contribution in [0.25, 0.3) is 23.0 Å². The smallest absolute Gasteiger partial charge is 0.286 e. The molecule has 0 radical (unpaired) electrons. The van der Waals surface area contributed by atoms with Crippen molar-refractivity contribution in [2.45, 2.75) is 56.6 Å². The minimum Gasteiger partial charge on any atom is -0.372 e. The van der Waals surface area contributed by atoms with Gasteiger partial charge >= 0.3 is 0 Å². The summed E-state index contributed by atoms with van der Waals surface area (Å²) in [7, 11) is -3.64. The molecule has 4 heterocycles. The van der Waals surface area contributed by atoms with Gasteiger partial charge in [-0.05, 0) is 68.8 Å². The number of ether oxygens (including phenoxy) is 1. The second kappa shape index (κ2) is 12.2. The maximum absolute atomic E-state index is 13.6. The predicted octanol–water partition coefficient (Wildman–Crippen LogP) is 5.18. The van der Waals surface area contributed by atoms with Gasteiger partial charge in [0.25, 0.3) is 5.91 Å². The number of morpholine rings is 1. The van der Waals surface area contributed by atoms with Crippen LogP contribution in [0.5, 0.6) is 0 Å². The molecule has 0 saturated carbocycles. The first-order valence-corrected chi connectivity index (χ1v) is 16.7. The fraction of sp³-hybridized carbons (Fsp3) is 0.387. The molecule has 6 rings (SSSR count). The van der Waals surface area contributed by atoms with Gasteiger partial charge in [0.15, 0.2) is 5.17 Å². The molecule has 2 unspecified atom stereocenters. The van der Waals surface area contributed by atoms with Gasteiger partial charge < -0.3 is 9.64 Å². The number of sulfonamides is 1. The van der Waals surface area contributed by atoms with Crippen LogP contribution in [0.1, 0.15) is 45.1 Å². The van der Waals surface area contributed by atoms with E-state index in [-0.39, 0.29) is 23.0 Å². The summed E-state index contributed by atoms with van der Waals surface area (Å²) < 4.78 is 36.4. The highest BCUT2D eigenvalue weighted by atomic mass is 32.2. The van der Waals surface area contributed by atoms with E-state index < -0.39 is 10.0 Å². The monoisotopic (exact) mass is 605 g/mol. The SMILES string of the molecule is CC1CN(C2=NC(=O)C(=Cc3cn(-c4ccccc4)nc3-c3cccc(S(=O)(=O)N4CCCCCC4)c3)S2)CC(C)O1. The number of carbonyl (C=O) groups excluding carboxylic acids is 1. The third kappa shape index (κ3) is 6.10. The maximum Gasteiger partial charge on any atom is 0.286 e. The Morgan fingerprint density at radius 3 is 2.38 bits per heavy atom. The molecule has 2 atom stereocenters. The summed E-state index contributed by atoms with van der Waals surface area (Å²) in [5.74, 6) is -0.294. The van der Waals surface area contributed by atoms with Crippen molar-refractivity contribution in [3.63, 3.8) is 0 Å². The summed E-state index contributed by atoms with van der Waals surface area (Å²) in [6.45, 7) is 6.46. The van der Waals surface area contributed by atoms with E-state index in [2.05, 4.69) is 9.89 Å². The zero-order valence-electron chi connectivity index (χ0n) is 23.8. The van der Waals surface area contributed by atoms with E-state index >= 15 is 0 Å². The molecule has 1 aromatic heterocycles. The highest BCUT2D eigenvalue weighted by Gasteiger charge is 2.32. The Morgan fingerprint density at radius 2 is 1.67 bits per heavy atom. The maximum atomic E-state index is 13.6. The third-order valence-corrected chi connectivity index (χ3v) is 10.6. The normalized spacial score (nSPS) is 23.3. The zero-order valence-corrected chi connectivity index (χ0v) is 25.5. The molecule has 3 aliphatic rings. The summed E-state index contributed by atoms with van der Waals surface area (Å²) in [6.07, 6.45) is 7.63. The second-order valence-electron chi connectivity index (χ2n) is 11.0. The summed E-state index contributed by atoms with van der Waals surface area (Å²) in [4.78, 5) is 20.3. The Bertz CT molecular complexity index is 1620. The van der Waals surface area contributed by atoms with Crippen LogP contribution >= 0.6 is 11.8 Å². The van der Waals surface area contributed by atoms with Crippen molar-refractivity contribution in [3.05, 3.63) is 71.3 Å². The highest BCUT2D eigenvalue weighted by molar-refractivity contribution is 8.18. The number of benzene rings is 2. The molecule has 0 bridgehead atoms. The van der Waals surface area contributed by atoms with Crippen LogP contribution in [0.15, 0.2) is 75.6 Å². The number of nitrogens with zero attached hydrogens (tertiary/aromatic N) is 5. The molecule has 1 amide bonds. The second-order valence-corrected chi connectivity index (χ2v) is 14.0. The Morgan fingerprint density at radius 1 is 0.952 bits per heavy atom. The minimum absolute atomic E-state index is 0.0498. The van der Waals surface area contributed by atoms with Gasteiger partial charge in [-0.15, -0.1) is 0 Å². The number of aliphatic imine (C=N–C) groups is 1. The standard InChI is InChI=1S/C31H35N5O4S2/c1-22-19-34(20-23(2)40-22)31-32-30(37)28(41-31)18-25-21-36(26-12-6-5-7-13-26)33-29(25)24-11-10-14-27(17-24)42(38,39)35-15-8-3-4-9-16-35/h5-7,10-14,17-18,21-23H,3-4,8-9,15-16,19-20H2,1-2H3. The van der Waals surface area contributed by atoms with Crippen molar-refractivity contribution in [1.29, 1.82) is 0 Å². The Balaban J connectivity index is 1.36. The van der Waals surface area contributed by atoms with E-state index in [4.69, 9.17) is 9.84 Å². The summed E-state index contributed by atoms with van der Waals surface area (Å²) in [5.41, 5.74) is 2.82. The van der Waals surface area contributed by atoms with E-state index in [1.54, 1.807) is 27.2 Å². The van der Waals surface area contributed by atoms with Crippen molar-refractivity contribution in [2.24, 2.45) is 4.99 Å². The van der Waals surface area contributed by atoms with Gasteiger partial charge in [0.1, 0.15) is 5.69 Å². The van der Waals surface area contributed by atoms with Crippen molar-refractivity contribution in [2.75, 3.05) is 26.2 Å². The van der Waals surface area contributed by atoms with Gasteiger partial charge in [-0.3, -0.25) is 4.79 Å². The molecule has 2 saturated heterocycles. The lowest BCUT2D eigenvalue weighted by molar-refractivity contribution is -0.113. The quantitative estimate of drug-likeness (QED) is 0.370. The number of rotatable bonds is 5. The highest BCUT2D eigenvalue weighted by Crippen LogP contribution is 2.35. The molecule has 0 spiro atoms. The third-order valence-electron chi connectivity index (χ3n) is 7.66. The molecule has 42 heavy (non-hydrogen) atoms. The number of amidine groups is 1. The topological polar surface area (TPSA) is 97.1 Å². The van der Waals surface area contributed by atoms with E-state index in [0.29, 0.717) is 53.1 Å². The lowest BCUT2D eigenvalue weighted by Crippen LogP contribution is -2.47. The summed E-state index contributed by atoms with van der Waals surface area (Å²) in [6, 6.07) is 16.7. The Labute approximate surface area is 251 Å². The minimum atomic E-state index is -3.64. The first-order chi connectivity index (χ1) is 20.3. The largest absolute Gasteiger partial charge is 0.372 e. The number of thioether (sulfide) groups is 1. The molecule has 2 fully saturated rings. The number of hydrogen-bond acceptors (Lipinski definition) is 7. The molecule has 9 nitrogen and oxygen atoms in total. The first-order valence-electron chi connectivity index (χ1n) is 14.5. The van der Waals surface area contributed by atoms with E-state index in [1.807, 2.05) is 62.5 Å². The average Bonchev–Trinajstić information content (AvgIpc) is 3.44. The van der Waals surface area contributed by atoms with Gasteiger partial charge in [-0.1, -0.05) is 43.2 Å². The predicted molar refractivity (Wildman–Crippen MR) is 166 cm³/mol. The number of hydrogen-bond donors (Lipinski definition) is 0. The molecule has 0 aliphatic carbocycles. The number of aromatic nitrogens is 2. The lowest BCUT2D eigenvalue weighted by Gasteiger charge is -2.35. The first kappa shape index (κ1) is 28.9. The fourth-order valence-electron chi connectivity index (χ4n) is 5.67. The average molecular weight is 606 g/mol. The molecular weight excluding hydrogens is 571 g/mol. The van der Waals surface area contributed by atoms with Crippen LogP contribution < -0.4 is 0 Å². The van der Waals surface area contributed by atoms with Crippen LogP contribution in [0.2, 0.25) is 0 Å². The summed E-state index contributed by atoms with van der Waals surface area (Å²) >= 11 is 1.35. The molecule has 3 aromatic rings. The molecule has 11 heteroatoms. The molecule has 0 N–H and O–H groups in total. The fourth-order valence-corrected chi connectivity index (χ4v) is 8.16. The molecule has 220 valence electrons. The van der Waals surface area contributed by atoms with Gasteiger partial charge in [0, 0.05) is 43.5 Å². The van der Waals surface area contributed by atoms with E-state index in [9.17, 15) is 13.2 Å². The van der Waals surface area contributed by atoms with Crippen molar-refractivity contribution in [3.8, 4) is 16.9 Å². The van der Waals surface area contributed by atoms with E-state index in [0.717, 1.165) is 31.4 Å². The van der Waals surface area contributed by atoms with Crippen molar-refractivity contribution in [1.82, 2.24) is 19.0 Å². The number of carbonyl (C=O) groups is 1. The van der Waals surface area contributed by atoms with Gasteiger partial charge in [-0.2, -0.15) is 14.4 Å². The van der Waals surface area contributed by atoms with Gasteiger partial charge in [0.05, 0.1) is 27.7 Å². The van der Waals surface area contributed by atoms with Crippen LogP contribution in [-0.4, -0.2) is 76.9 Å². The van der Waals surface area contributed by atoms with Crippen molar-refractivity contribution < 1.29 is 17.9 Å². The van der Waals surface area contributed by atoms with Crippen LogP contribution in [-0.2, 0) is 19.6 Å². The summed E-state index contributed by atoms with van der Waals surface area (Å²) in [5, 5.41) is 5.55. The Hall–Kier alpha value is -3.25. The molecule has 3 aliphatic heterocycles. The molecule has 2 aromatic carbocycles. The van der Waals surface area contributed by atoms with E-state index in [1.165, 1.54) is 11.8 Å². The lowest BCUT2D eigenvalue weighted by atomic mass is 10.1.